The number of hydrogen-bond acceptors (Lipinski definition) is 6. The fourth-order valence-corrected chi connectivity index (χ4v) is 5.31. The minimum Gasteiger partial charge on any atom is -0.382 e. The number of carbonyl (C=O) groups is 4. The molecule has 3 fully saturated rings. The molecule has 3 N–H and O–H groups in total. The first-order valence-electron chi connectivity index (χ1n) is 10.3. The molecule has 29 heavy (non-hydrogen) atoms. The normalized spacial score (nSPS) is 26.3. The number of benzene rings is 1. The molecule has 4 amide bonds. The maximum atomic E-state index is 13.1. The predicted molar refractivity (Wildman–Crippen MR) is 104 cm³/mol. The van der Waals surface area contributed by atoms with E-state index >= 15 is 0 Å². The van der Waals surface area contributed by atoms with Crippen LogP contribution >= 0.6 is 0 Å². The smallest absolute Gasteiger partial charge is 0.264 e. The Kier molecular flexibility index (Phi) is 4.20. The standard InChI is InChI=1S/C21H24N4O4/c26-16-5-4-15(18(27)24-16)25-19(28)13-2-1-3-14(17(13)20(25)29)23-12-10-21(11-12)6-8-22-9-7-21/h1-3,12,15,22-23H,4-11H2,(H,24,26,27). The molecule has 0 radical (unpaired) electrons. The highest BCUT2D eigenvalue weighted by molar-refractivity contribution is 6.25. The molecule has 1 aromatic carbocycles. The molecule has 0 bridgehead atoms. The van der Waals surface area contributed by atoms with Crippen LogP contribution in [0, 0.1) is 5.41 Å². The van der Waals surface area contributed by atoms with E-state index in [-0.39, 0.29) is 24.8 Å². The molecule has 8 heteroatoms. The Hall–Kier alpha value is -2.74. The third-order valence-corrected chi connectivity index (χ3v) is 6.85. The van der Waals surface area contributed by atoms with Gasteiger partial charge in [0.15, 0.2) is 0 Å². The molecule has 5 rings (SSSR count). The summed E-state index contributed by atoms with van der Waals surface area (Å²) < 4.78 is 0. The molecule has 2 saturated heterocycles. The van der Waals surface area contributed by atoms with E-state index in [4.69, 9.17) is 0 Å². The summed E-state index contributed by atoms with van der Waals surface area (Å²) in [7, 11) is 0. The van der Waals surface area contributed by atoms with Gasteiger partial charge in [0.2, 0.25) is 11.8 Å². The molecule has 1 aliphatic carbocycles. The zero-order chi connectivity index (χ0) is 20.2. The third-order valence-electron chi connectivity index (χ3n) is 6.85. The maximum Gasteiger partial charge on any atom is 0.264 e. The highest BCUT2D eigenvalue weighted by Gasteiger charge is 2.47. The van der Waals surface area contributed by atoms with Gasteiger partial charge in [-0.15, -0.1) is 0 Å². The molecule has 1 saturated carbocycles. The zero-order valence-corrected chi connectivity index (χ0v) is 16.1. The molecular formula is C21H24N4O4. The minimum absolute atomic E-state index is 0.119. The zero-order valence-electron chi connectivity index (χ0n) is 16.1. The second kappa shape index (κ2) is 6.66. The average molecular weight is 396 g/mol. The van der Waals surface area contributed by atoms with Gasteiger partial charge in [-0.2, -0.15) is 0 Å². The van der Waals surface area contributed by atoms with Crippen LogP contribution in [-0.4, -0.2) is 53.7 Å². The molecule has 3 heterocycles. The maximum absolute atomic E-state index is 13.1. The van der Waals surface area contributed by atoms with E-state index in [1.54, 1.807) is 12.1 Å². The van der Waals surface area contributed by atoms with Crippen molar-refractivity contribution in [2.75, 3.05) is 18.4 Å². The van der Waals surface area contributed by atoms with E-state index in [2.05, 4.69) is 16.0 Å². The predicted octanol–water partition coefficient (Wildman–Crippen LogP) is 1.03. The highest BCUT2D eigenvalue weighted by Crippen LogP contribution is 2.49. The van der Waals surface area contributed by atoms with Crippen molar-refractivity contribution in [3.8, 4) is 0 Å². The van der Waals surface area contributed by atoms with Crippen molar-refractivity contribution >= 4 is 29.3 Å². The van der Waals surface area contributed by atoms with E-state index < -0.39 is 23.8 Å². The molecular weight excluding hydrogens is 372 g/mol. The van der Waals surface area contributed by atoms with Crippen LogP contribution in [0.2, 0.25) is 0 Å². The van der Waals surface area contributed by atoms with Crippen molar-refractivity contribution in [1.29, 1.82) is 0 Å². The summed E-state index contributed by atoms with van der Waals surface area (Å²) in [5, 5.41) is 9.09. The van der Waals surface area contributed by atoms with Crippen molar-refractivity contribution < 1.29 is 19.2 Å². The summed E-state index contributed by atoms with van der Waals surface area (Å²) in [5.41, 5.74) is 1.72. The summed E-state index contributed by atoms with van der Waals surface area (Å²) in [6.07, 6.45) is 4.78. The molecule has 1 spiro atoms. The monoisotopic (exact) mass is 396 g/mol. The van der Waals surface area contributed by atoms with Crippen LogP contribution in [0.15, 0.2) is 18.2 Å². The second-order valence-electron chi connectivity index (χ2n) is 8.67. The lowest BCUT2D eigenvalue weighted by Crippen LogP contribution is -2.54. The van der Waals surface area contributed by atoms with Crippen molar-refractivity contribution in [2.24, 2.45) is 5.41 Å². The van der Waals surface area contributed by atoms with Gasteiger partial charge in [-0.25, -0.2) is 0 Å². The minimum atomic E-state index is -0.935. The van der Waals surface area contributed by atoms with E-state index in [1.807, 2.05) is 6.07 Å². The van der Waals surface area contributed by atoms with Gasteiger partial charge in [-0.3, -0.25) is 29.4 Å². The van der Waals surface area contributed by atoms with E-state index in [0.717, 1.165) is 30.8 Å². The lowest BCUT2D eigenvalue weighted by atomic mass is 9.60. The first-order valence-corrected chi connectivity index (χ1v) is 10.3. The summed E-state index contributed by atoms with van der Waals surface area (Å²) in [4.78, 5) is 50.7. The number of hydrogen-bond donors (Lipinski definition) is 3. The molecule has 1 aromatic rings. The van der Waals surface area contributed by atoms with Crippen LogP contribution in [0.1, 0.15) is 59.2 Å². The quantitative estimate of drug-likeness (QED) is 0.659. The summed E-state index contributed by atoms with van der Waals surface area (Å²) in [6.45, 7) is 2.11. The Morgan fingerprint density at radius 2 is 1.79 bits per heavy atom. The lowest BCUT2D eigenvalue weighted by molar-refractivity contribution is -0.136. The number of nitrogens with one attached hydrogen (secondary N) is 3. The Bertz CT molecular complexity index is 913. The third kappa shape index (κ3) is 2.93. The highest BCUT2D eigenvalue weighted by atomic mass is 16.2. The first-order chi connectivity index (χ1) is 14.0. The number of piperidine rings is 2. The summed E-state index contributed by atoms with van der Waals surface area (Å²) >= 11 is 0. The Labute approximate surface area is 168 Å². The molecule has 1 unspecified atom stereocenters. The molecule has 3 aliphatic heterocycles. The summed E-state index contributed by atoms with van der Waals surface area (Å²) in [5.74, 6) is -1.88. The largest absolute Gasteiger partial charge is 0.382 e. The van der Waals surface area contributed by atoms with Crippen molar-refractivity contribution in [3.05, 3.63) is 29.3 Å². The number of anilines is 1. The first kappa shape index (κ1) is 18.3. The van der Waals surface area contributed by atoms with Crippen molar-refractivity contribution in [1.82, 2.24) is 15.5 Å². The van der Waals surface area contributed by atoms with Crippen LogP contribution in [-0.2, 0) is 9.59 Å². The van der Waals surface area contributed by atoms with Crippen molar-refractivity contribution in [3.63, 3.8) is 0 Å². The van der Waals surface area contributed by atoms with Gasteiger partial charge in [0.25, 0.3) is 11.8 Å². The Balaban J connectivity index is 1.35. The average Bonchev–Trinajstić information content (AvgIpc) is 2.93. The van der Waals surface area contributed by atoms with Gasteiger partial charge in [-0.05, 0) is 62.7 Å². The van der Waals surface area contributed by atoms with Crippen LogP contribution in [0.3, 0.4) is 0 Å². The molecule has 8 nitrogen and oxygen atoms in total. The Morgan fingerprint density at radius 1 is 1.03 bits per heavy atom. The number of fused-ring (bicyclic) bond motifs is 1. The van der Waals surface area contributed by atoms with E-state index in [0.29, 0.717) is 22.2 Å². The fraction of sp³-hybridized carbons (Fsp3) is 0.524. The van der Waals surface area contributed by atoms with Crippen LogP contribution in [0.4, 0.5) is 5.69 Å². The van der Waals surface area contributed by atoms with Gasteiger partial charge in [0.05, 0.1) is 11.1 Å². The topological polar surface area (TPSA) is 108 Å². The summed E-state index contributed by atoms with van der Waals surface area (Å²) in [6, 6.07) is 4.56. The molecule has 152 valence electrons. The van der Waals surface area contributed by atoms with Crippen LogP contribution in [0.25, 0.3) is 0 Å². The number of nitrogens with zero attached hydrogens (tertiary/aromatic N) is 1. The molecule has 4 aliphatic rings. The van der Waals surface area contributed by atoms with Crippen molar-refractivity contribution in [2.45, 2.75) is 50.6 Å². The van der Waals surface area contributed by atoms with Crippen LogP contribution in [0.5, 0.6) is 0 Å². The number of imide groups is 2. The number of amides is 4. The second-order valence-corrected chi connectivity index (χ2v) is 8.67. The molecule has 1 atom stereocenters. The van der Waals surface area contributed by atoms with E-state index in [1.165, 1.54) is 12.8 Å². The van der Waals surface area contributed by atoms with Gasteiger partial charge in [0, 0.05) is 18.2 Å². The fourth-order valence-electron chi connectivity index (χ4n) is 5.31. The van der Waals surface area contributed by atoms with E-state index in [9.17, 15) is 19.2 Å². The van der Waals surface area contributed by atoms with Gasteiger partial charge >= 0.3 is 0 Å². The van der Waals surface area contributed by atoms with Gasteiger partial charge in [0.1, 0.15) is 6.04 Å². The number of rotatable bonds is 3. The number of carbonyl (C=O) groups excluding carboxylic acids is 4. The van der Waals surface area contributed by atoms with Gasteiger partial charge in [-0.1, -0.05) is 6.07 Å². The Morgan fingerprint density at radius 3 is 2.52 bits per heavy atom. The lowest BCUT2D eigenvalue weighted by Gasteiger charge is -2.51. The molecule has 0 aromatic heterocycles. The van der Waals surface area contributed by atoms with Crippen LogP contribution < -0.4 is 16.0 Å². The SMILES string of the molecule is O=C1CCC(N2C(=O)c3cccc(NC4CC5(CCNCC5)C4)c3C2=O)C(=O)N1. The van der Waals surface area contributed by atoms with Gasteiger partial charge < -0.3 is 10.6 Å².